The van der Waals surface area contributed by atoms with Crippen LogP contribution in [-0.2, 0) is 0 Å². The van der Waals surface area contributed by atoms with Gasteiger partial charge in [0.2, 0.25) is 0 Å². The van der Waals surface area contributed by atoms with Crippen molar-refractivity contribution in [1.82, 2.24) is 4.98 Å². The molecule has 0 spiro atoms. The number of aromatic nitrogens is 1. The van der Waals surface area contributed by atoms with Gasteiger partial charge in [0, 0.05) is 5.69 Å². The molecule has 1 aromatic rings. The maximum absolute atomic E-state index is 5.11. The van der Waals surface area contributed by atoms with E-state index >= 15 is 0 Å². The lowest BCUT2D eigenvalue weighted by Crippen LogP contribution is -1.83. The summed E-state index contributed by atoms with van der Waals surface area (Å²) in [5.41, 5.74) is 1.67. The van der Waals surface area contributed by atoms with Crippen molar-refractivity contribution in [2.24, 2.45) is 5.92 Å². The topological polar surface area (TPSA) is 12.9 Å². The fourth-order valence-electron chi connectivity index (χ4n) is 0.623. The fraction of sp³-hybridized carbons (Fsp3) is 0.417. The van der Waals surface area contributed by atoms with Crippen LogP contribution in [0.2, 0.25) is 0 Å². The summed E-state index contributed by atoms with van der Waals surface area (Å²) in [5.74, 6) is 3.29. The lowest BCUT2D eigenvalue weighted by atomic mass is 10.3. The summed E-state index contributed by atoms with van der Waals surface area (Å²) in [5, 5.41) is 0. The van der Waals surface area contributed by atoms with Gasteiger partial charge in [-0.25, -0.2) is 4.98 Å². The van der Waals surface area contributed by atoms with E-state index in [1.807, 2.05) is 25.1 Å². The first-order valence-corrected chi connectivity index (χ1v) is 4.46. The molecule has 0 bridgehead atoms. The molecule has 0 aliphatic heterocycles. The van der Waals surface area contributed by atoms with Gasteiger partial charge >= 0.3 is 0 Å². The molecular formula is C12H17N. The second kappa shape index (κ2) is 6.25. The van der Waals surface area contributed by atoms with Gasteiger partial charge in [0.15, 0.2) is 0 Å². The number of nitrogens with zero attached hydrogens (tertiary/aromatic N) is 1. The van der Waals surface area contributed by atoms with Crippen molar-refractivity contribution in [3.63, 3.8) is 0 Å². The van der Waals surface area contributed by atoms with Gasteiger partial charge < -0.3 is 0 Å². The Labute approximate surface area is 81.2 Å². The number of hydrogen-bond acceptors (Lipinski definition) is 1. The Morgan fingerprint density at radius 1 is 1.31 bits per heavy atom. The van der Waals surface area contributed by atoms with E-state index < -0.39 is 0 Å². The standard InChI is InChI=1S/C8H7N.C4H10/c1-3-8-6-4-5-7(2)9-8;1-4(2)3/h1,4-6H,2H3;4H,1-3H3. The Bertz CT molecular complexity index is 279. The molecule has 1 nitrogen and oxygen atoms in total. The number of rotatable bonds is 0. The molecule has 0 aliphatic carbocycles. The van der Waals surface area contributed by atoms with E-state index in [0.29, 0.717) is 5.69 Å². The zero-order valence-electron chi connectivity index (χ0n) is 8.83. The highest BCUT2D eigenvalue weighted by Crippen LogP contribution is 1.94. The average molecular weight is 175 g/mol. The lowest BCUT2D eigenvalue weighted by Gasteiger charge is -1.89. The first kappa shape index (κ1) is 11.7. The van der Waals surface area contributed by atoms with Crippen LogP contribution < -0.4 is 0 Å². The predicted molar refractivity (Wildman–Crippen MR) is 57.4 cm³/mol. The van der Waals surface area contributed by atoms with E-state index in [1.54, 1.807) is 0 Å². The van der Waals surface area contributed by atoms with Gasteiger partial charge in [-0.2, -0.15) is 0 Å². The highest BCUT2D eigenvalue weighted by Gasteiger charge is 1.85. The van der Waals surface area contributed by atoms with Gasteiger partial charge in [-0.05, 0) is 25.0 Å². The summed E-state index contributed by atoms with van der Waals surface area (Å²) in [6.45, 7) is 8.42. The van der Waals surface area contributed by atoms with Crippen LogP contribution in [0.25, 0.3) is 0 Å². The summed E-state index contributed by atoms with van der Waals surface area (Å²) in [6.07, 6.45) is 5.11. The maximum Gasteiger partial charge on any atom is 0.113 e. The molecule has 0 unspecified atom stereocenters. The van der Waals surface area contributed by atoms with Gasteiger partial charge in [0.1, 0.15) is 5.69 Å². The predicted octanol–water partition coefficient (Wildman–Crippen LogP) is 3.03. The molecule has 0 N–H and O–H groups in total. The average Bonchev–Trinajstić information content (AvgIpc) is 2.03. The van der Waals surface area contributed by atoms with E-state index in [0.717, 1.165) is 11.6 Å². The van der Waals surface area contributed by atoms with Crippen LogP contribution in [0.5, 0.6) is 0 Å². The molecule has 0 radical (unpaired) electrons. The van der Waals surface area contributed by atoms with Crippen molar-refractivity contribution in [3.05, 3.63) is 29.6 Å². The zero-order valence-corrected chi connectivity index (χ0v) is 8.83. The zero-order chi connectivity index (χ0) is 10.3. The largest absolute Gasteiger partial charge is 0.245 e. The molecule has 0 aromatic carbocycles. The Morgan fingerprint density at radius 2 is 1.85 bits per heavy atom. The highest BCUT2D eigenvalue weighted by atomic mass is 14.7. The molecular weight excluding hydrogens is 158 g/mol. The second-order valence-electron chi connectivity index (χ2n) is 3.54. The third-order valence-corrected chi connectivity index (χ3v) is 1.04. The molecule has 0 amide bonds. The van der Waals surface area contributed by atoms with Crippen LogP contribution in [0, 0.1) is 25.2 Å². The Hall–Kier alpha value is -1.29. The molecule has 70 valence electrons. The van der Waals surface area contributed by atoms with Crippen LogP contribution in [0.4, 0.5) is 0 Å². The van der Waals surface area contributed by atoms with Crippen molar-refractivity contribution in [1.29, 1.82) is 0 Å². The minimum Gasteiger partial charge on any atom is -0.245 e. The van der Waals surface area contributed by atoms with Crippen molar-refractivity contribution in [3.8, 4) is 12.3 Å². The van der Waals surface area contributed by atoms with Crippen LogP contribution >= 0.6 is 0 Å². The molecule has 1 aromatic heterocycles. The van der Waals surface area contributed by atoms with Crippen LogP contribution in [0.1, 0.15) is 32.2 Å². The summed E-state index contributed by atoms with van der Waals surface area (Å²) in [6, 6.07) is 5.63. The summed E-state index contributed by atoms with van der Waals surface area (Å²) < 4.78 is 0. The first-order valence-electron chi connectivity index (χ1n) is 4.46. The number of pyridine rings is 1. The Balaban J connectivity index is 0.000000310. The Kier molecular flexibility index (Phi) is 5.63. The first-order chi connectivity index (χ1) is 6.06. The van der Waals surface area contributed by atoms with E-state index in [2.05, 4.69) is 31.7 Å². The van der Waals surface area contributed by atoms with Crippen molar-refractivity contribution >= 4 is 0 Å². The smallest absolute Gasteiger partial charge is 0.113 e. The van der Waals surface area contributed by atoms with E-state index in [-0.39, 0.29) is 0 Å². The van der Waals surface area contributed by atoms with Crippen molar-refractivity contribution in [2.45, 2.75) is 27.7 Å². The van der Waals surface area contributed by atoms with E-state index in [9.17, 15) is 0 Å². The second-order valence-corrected chi connectivity index (χ2v) is 3.54. The van der Waals surface area contributed by atoms with Crippen LogP contribution in [0.15, 0.2) is 18.2 Å². The van der Waals surface area contributed by atoms with Gasteiger partial charge in [-0.3, -0.25) is 0 Å². The summed E-state index contributed by atoms with van der Waals surface area (Å²) in [4.78, 5) is 4.06. The normalized spacial score (nSPS) is 8.62. The molecule has 0 atom stereocenters. The molecule has 1 heterocycles. The molecule has 0 aliphatic rings. The van der Waals surface area contributed by atoms with Crippen LogP contribution in [0.3, 0.4) is 0 Å². The minimum absolute atomic E-state index is 0.704. The Morgan fingerprint density at radius 3 is 2.15 bits per heavy atom. The van der Waals surface area contributed by atoms with Gasteiger partial charge in [0.25, 0.3) is 0 Å². The molecule has 0 saturated carbocycles. The van der Waals surface area contributed by atoms with Gasteiger partial charge in [-0.15, -0.1) is 6.42 Å². The fourth-order valence-corrected chi connectivity index (χ4v) is 0.623. The van der Waals surface area contributed by atoms with Gasteiger partial charge in [-0.1, -0.05) is 32.8 Å². The number of aryl methyl sites for hydroxylation is 1. The van der Waals surface area contributed by atoms with Gasteiger partial charge in [0.05, 0.1) is 0 Å². The summed E-state index contributed by atoms with van der Waals surface area (Å²) in [7, 11) is 0. The van der Waals surface area contributed by atoms with Crippen molar-refractivity contribution < 1.29 is 0 Å². The maximum atomic E-state index is 5.11. The third kappa shape index (κ3) is 7.08. The monoisotopic (exact) mass is 175 g/mol. The van der Waals surface area contributed by atoms with E-state index in [4.69, 9.17) is 6.42 Å². The van der Waals surface area contributed by atoms with Crippen molar-refractivity contribution in [2.75, 3.05) is 0 Å². The quantitative estimate of drug-likeness (QED) is 0.552. The molecule has 0 saturated heterocycles. The molecule has 1 heteroatoms. The third-order valence-electron chi connectivity index (χ3n) is 1.04. The van der Waals surface area contributed by atoms with E-state index in [1.165, 1.54) is 0 Å². The number of terminal acetylenes is 1. The lowest BCUT2D eigenvalue weighted by molar-refractivity contribution is 0.737. The SMILES string of the molecule is C#Cc1cccc(C)n1.CC(C)C. The molecule has 1 rings (SSSR count). The summed E-state index contributed by atoms with van der Waals surface area (Å²) >= 11 is 0. The minimum atomic E-state index is 0.704. The number of hydrogen-bond donors (Lipinski definition) is 0. The molecule has 0 fully saturated rings. The molecule has 13 heavy (non-hydrogen) atoms. The van der Waals surface area contributed by atoms with Crippen LogP contribution in [-0.4, -0.2) is 4.98 Å². The highest BCUT2D eigenvalue weighted by molar-refractivity contribution is 5.25.